The molecular formula is C16H18Br2N2. The van der Waals surface area contributed by atoms with Gasteiger partial charge in [0.1, 0.15) is 0 Å². The Morgan fingerprint density at radius 2 is 1.90 bits per heavy atom. The maximum atomic E-state index is 4.57. The quantitative estimate of drug-likeness (QED) is 0.767. The monoisotopic (exact) mass is 396 g/mol. The summed E-state index contributed by atoms with van der Waals surface area (Å²) < 4.78 is 1.99. The third kappa shape index (κ3) is 3.90. The zero-order valence-electron chi connectivity index (χ0n) is 11.7. The van der Waals surface area contributed by atoms with Crippen LogP contribution in [0.3, 0.4) is 0 Å². The molecule has 106 valence electrons. The summed E-state index contributed by atoms with van der Waals surface area (Å²) in [6.07, 6.45) is 2.94. The fourth-order valence-corrected chi connectivity index (χ4v) is 3.27. The Morgan fingerprint density at radius 3 is 2.50 bits per heavy atom. The molecule has 0 spiro atoms. The van der Waals surface area contributed by atoms with Gasteiger partial charge in [0, 0.05) is 15.1 Å². The average molecular weight is 398 g/mol. The predicted octanol–water partition coefficient (Wildman–Crippen LogP) is 5.00. The lowest BCUT2D eigenvalue weighted by molar-refractivity contribution is 0.584. The molecule has 20 heavy (non-hydrogen) atoms. The van der Waals surface area contributed by atoms with Gasteiger partial charge in [-0.05, 0) is 63.4 Å². The van der Waals surface area contributed by atoms with Gasteiger partial charge in [-0.15, -0.1) is 0 Å². The van der Waals surface area contributed by atoms with Crippen LogP contribution >= 0.6 is 31.9 Å². The molecule has 0 amide bonds. The maximum absolute atomic E-state index is 4.57. The molecule has 1 N–H and O–H groups in total. The van der Waals surface area contributed by atoms with Crippen molar-refractivity contribution in [2.75, 3.05) is 6.54 Å². The molecule has 0 saturated heterocycles. The molecule has 2 nitrogen and oxygen atoms in total. The van der Waals surface area contributed by atoms with E-state index in [4.69, 9.17) is 0 Å². The van der Waals surface area contributed by atoms with Gasteiger partial charge in [0.25, 0.3) is 0 Å². The van der Waals surface area contributed by atoms with Crippen molar-refractivity contribution in [2.24, 2.45) is 0 Å². The first kappa shape index (κ1) is 15.7. The van der Waals surface area contributed by atoms with Gasteiger partial charge in [0.2, 0.25) is 0 Å². The van der Waals surface area contributed by atoms with E-state index < -0.39 is 0 Å². The van der Waals surface area contributed by atoms with Crippen LogP contribution in [0.25, 0.3) is 0 Å². The van der Waals surface area contributed by atoms with E-state index in [1.54, 1.807) is 0 Å². The minimum absolute atomic E-state index is 0.109. The highest BCUT2D eigenvalue weighted by Gasteiger charge is 2.17. The van der Waals surface area contributed by atoms with Crippen LogP contribution in [0.2, 0.25) is 0 Å². The third-order valence-electron chi connectivity index (χ3n) is 3.12. The first-order valence-corrected chi connectivity index (χ1v) is 8.31. The predicted molar refractivity (Wildman–Crippen MR) is 91.0 cm³/mol. The summed E-state index contributed by atoms with van der Waals surface area (Å²) in [5.74, 6) is 0. The van der Waals surface area contributed by atoms with Crippen molar-refractivity contribution < 1.29 is 0 Å². The Hall–Kier alpha value is -0.710. The number of rotatable bonds is 5. The number of aromatic nitrogens is 1. The van der Waals surface area contributed by atoms with Gasteiger partial charge in [0.15, 0.2) is 0 Å². The standard InChI is InChI=1S/C16H18Br2N2/c1-3-8-19-15(12-6-4-11(2)5-7-12)16-14(18)9-13(17)10-20-16/h4-7,9-10,15,19H,3,8H2,1-2H3. The van der Waals surface area contributed by atoms with E-state index in [-0.39, 0.29) is 6.04 Å². The van der Waals surface area contributed by atoms with E-state index in [1.165, 1.54) is 11.1 Å². The van der Waals surface area contributed by atoms with E-state index in [9.17, 15) is 0 Å². The molecule has 2 rings (SSSR count). The molecule has 1 aromatic carbocycles. The molecule has 0 bridgehead atoms. The van der Waals surface area contributed by atoms with Crippen molar-refractivity contribution in [3.8, 4) is 0 Å². The van der Waals surface area contributed by atoms with Crippen LogP contribution in [0.15, 0.2) is 45.5 Å². The second-order valence-corrected chi connectivity index (χ2v) is 6.59. The van der Waals surface area contributed by atoms with Gasteiger partial charge in [-0.1, -0.05) is 36.8 Å². The summed E-state index contributed by atoms with van der Waals surface area (Å²) in [5, 5.41) is 3.57. The summed E-state index contributed by atoms with van der Waals surface area (Å²) in [7, 11) is 0. The highest BCUT2D eigenvalue weighted by Crippen LogP contribution is 2.29. The molecule has 0 fully saturated rings. The zero-order valence-corrected chi connectivity index (χ0v) is 14.8. The normalized spacial score (nSPS) is 12.4. The van der Waals surface area contributed by atoms with Crippen molar-refractivity contribution in [3.05, 3.63) is 62.3 Å². The second kappa shape index (κ2) is 7.34. The molecular weight excluding hydrogens is 380 g/mol. The zero-order chi connectivity index (χ0) is 14.5. The molecule has 0 saturated carbocycles. The Kier molecular flexibility index (Phi) is 5.75. The van der Waals surface area contributed by atoms with Crippen molar-refractivity contribution in [1.29, 1.82) is 0 Å². The molecule has 0 aliphatic heterocycles. The Labute approximate surface area is 137 Å². The first-order valence-electron chi connectivity index (χ1n) is 6.72. The number of nitrogens with one attached hydrogen (secondary N) is 1. The molecule has 1 aromatic heterocycles. The Bertz CT molecular complexity index is 567. The molecule has 4 heteroatoms. The van der Waals surface area contributed by atoms with Crippen LogP contribution in [0, 0.1) is 6.92 Å². The van der Waals surface area contributed by atoms with Crippen LogP contribution in [0.5, 0.6) is 0 Å². The Morgan fingerprint density at radius 1 is 1.20 bits per heavy atom. The number of benzene rings is 1. The van der Waals surface area contributed by atoms with Gasteiger partial charge in [-0.3, -0.25) is 4.98 Å². The fraction of sp³-hybridized carbons (Fsp3) is 0.312. The largest absolute Gasteiger partial charge is 0.305 e. The van der Waals surface area contributed by atoms with Crippen LogP contribution in [-0.2, 0) is 0 Å². The molecule has 0 aliphatic rings. The van der Waals surface area contributed by atoms with Crippen molar-refractivity contribution >= 4 is 31.9 Å². The van der Waals surface area contributed by atoms with Gasteiger partial charge < -0.3 is 5.32 Å². The number of hydrogen-bond donors (Lipinski definition) is 1. The highest BCUT2D eigenvalue weighted by atomic mass is 79.9. The van der Waals surface area contributed by atoms with E-state index in [1.807, 2.05) is 12.3 Å². The SMILES string of the molecule is CCCNC(c1ccc(C)cc1)c1ncc(Br)cc1Br. The van der Waals surface area contributed by atoms with Crippen LogP contribution < -0.4 is 5.32 Å². The third-order valence-corrected chi connectivity index (χ3v) is 4.19. The van der Waals surface area contributed by atoms with E-state index in [0.29, 0.717) is 0 Å². The van der Waals surface area contributed by atoms with Crippen molar-refractivity contribution in [3.63, 3.8) is 0 Å². The summed E-state index contributed by atoms with van der Waals surface area (Å²) in [6, 6.07) is 10.8. The van der Waals surface area contributed by atoms with Crippen LogP contribution in [-0.4, -0.2) is 11.5 Å². The molecule has 1 heterocycles. The second-order valence-electron chi connectivity index (χ2n) is 4.82. The summed E-state index contributed by atoms with van der Waals surface area (Å²) >= 11 is 7.07. The molecule has 0 radical (unpaired) electrons. The van der Waals surface area contributed by atoms with E-state index >= 15 is 0 Å². The molecule has 0 aliphatic carbocycles. The lowest BCUT2D eigenvalue weighted by Gasteiger charge is -2.20. The Balaban J connectivity index is 2.38. The number of pyridine rings is 1. The smallest absolute Gasteiger partial charge is 0.0763 e. The molecule has 2 aromatic rings. The van der Waals surface area contributed by atoms with Gasteiger partial charge in [0.05, 0.1) is 11.7 Å². The average Bonchev–Trinajstić information content (AvgIpc) is 2.42. The molecule has 1 unspecified atom stereocenters. The number of aryl methyl sites for hydroxylation is 1. The highest BCUT2D eigenvalue weighted by molar-refractivity contribution is 9.11. The maximum Gasteiger partial charge on any atom is 0.0763 e. The lowest BCUT2D eigenvalue weighted by Crippen LogP contribution is -2.24. The van der Waals surface area contributed by atoms with Crippen LogP contribution in [0.1, 0.15) is 36.2 Å². The van der Waals surface area contributed by atoms with Crippen LogP contribution in [0.4, 0.5) is 0 Å². The van der Waals surface area contributed by atoms with Crippen molar-refractivity contribution in [1.82, 2.24) is 10.3 Å². The fourth-order valence-electron chi connectivity index (χ4n) is 2.06. The number of hydrogen-bond acceptors (Lipinski definition) is 2. The number of halogens is 2. The minimum atomic E-state index is 0.109. The lowest BCUT2D eigenvalue weighted by atomic mass is 10.0. The van der Waals surface area contributed by atoms with Gasteiger partial charge >= 0.3 is 0 Å². The van der Waals surface area contributed by atoms with E-state index in [2.05, 4.69) is 80.3 Å². The minimum Gasteiger partial charge on any atom is -0.305 e. The van der Waals surface area contributed by atoms with Gasteiger partial charge in [-0.2, -0.15) is 0 Å². The first-order chi connectivity index (χ1) is 9.61. The number of nitrogens with zero attached hydrogens (tertiary/aromatic N) is 1. The van der Waals surface area contributed by atoms with E-state index in [0.717, 1.165) is 27.6 Å². The molecule has 1 atom stereocenters. The topological polar surface area (TPSA) is 24.9 Å². The summed E-state index contributed by atoms with van der Waals surface area (Å²) in [5.41, 5.74) is 3.52. The van der Waals surface area contributed by atoms with Gasteiger partial charge in [-0.25, -0.2) is 0 Å². The van der Waals surface area contributed by atoms with Crippen molar-refractivity contribution in [2.45, 2.75) is 26.3 Å². The summed E-state index contributed by atoms with van der Waals surface area (Å²) in [4.78, 5) is 4.57. The summed E-state index contributed by atoms with van der Waals surface area (Å²) in [6.45, 7) is 5.23.